The normalized spacial score (nSPS) is 10.7. The zero-order chi connectivity index (χ0) is 22.7. The highest BCUT2D eigenvalue weighted by Gasteiger charge is 2.21. The van der Waals surface area contributed by atoms with E-state index in [0.717, 1.165) is 38.2 Å². The average Bonchev–Trinajstić information content (AvgIpc) is 3.43. The lowest BCUT2D eigenvalue weighted by Crippen LogP contribution is -2.28. The van der Waals surface area contributed by atoms with Gasteiger partial charge in [0.05, 0.1) is 31.3 Å². The molecule has 0 bridgehead atoms. The van der Waals surface area contributed by atoms with Crippen LogP contribution < -0.4 is 20.1 Å². The summed E-state index contributed by atoms with van der Waals surface area (Å²) >= 11 is 2.85. The van der Waals surface area contributed by atoms with Gasteiger partial charge in [-0.25, -0.2) is 9.97 Å². The quantitative estimate of drug-likeness (QED) is 0.408. The number of hydrogen-bond acceptors (Lipinski definition) is 8. The van der Waals surface area contributed by atoms with Gasteiger partial charge >= 0.3 is 0 Å². The molecule has 2 N–H and O–H groups in total. The molecule has 164 valence electrons. The van der Waals surface area contributed by atoms with Gasteiger partial charge < -0.3 is 15.2 Å². The van der Waals surface area contributed by atoms with E-state index in [4.69, 9.17) is 20.2 Å². The lowest BCUT2D eigenvalue weighted by Gasteiger charge is -2.16. The summed E-state index contributed by atoms with van der Waals surface area (Å²) in [5, 5.41) is 2.99. The Kier molecular flexibility index (Phi) is 6.38. The first kappa shape index (κ1) is 21.8. The van der Waals surface area contributed by atoms with Crippen molar-refractivity contribution in [3.8, 4) is 33.2 Å². The van der Waals surface area contributed by atoms with Gasteiger partial charge in [-0.05, 0) is 54.1 Å². The van der Waals surface area contributed by atoms with E-state index in [1.807, 2.05) is 48.5 Å². The molecule has 2 aromatic carbocycles. The van der Waals surface area contributed by atoms with Crippen molar-refractivity contribution in [3.05, 3.63) is 58.9 Å². The summed E-state index contributed by atoms with van der Waals surface area (Å²) in [5.41, 5.74) is 8.61. The van der Waals surface area contributed by atoms with Gasteiger partial charge in [0, 0.05) is 17.9 Å². The van der Waals surface area contributed by atoms with Gasteiger partial charge in [-0.1, -0.05) is 0 Å². The maximum atomic E-state index is 12.3. The van der Waals surface area contributed by atoms with Crippen molar-refractivity contribution in [2.24, 2.45) is 0 Å². The first-order valence-corrected chi connectivity index (χ1v) is 11.5. The number of amides is 1. The summed E-state index contributed by atoms with van der Waals surface area (Å²) in [6.45, 7) is 1.82. The zero-order valence-corrected chi connectivity index (χ0v) is 19.5. The molecular formula is C23H22N4O3S2. The lowest BCUT2D eigenvalue weighted by atomic mass is 10.1. The van der Waals surface area contributed by atoms with Gasteiger partial charge in [-0.15, -0.1) is 22.7 Å². The first-order chi connectivity index (χ1) is 15.5. The molecule has 0 saturated heterocycles. The topological polar surface area (TPSA) is 90.6 Å². The fourth-order valence-electron chi connectivity index (χ4n) is 3.21. The minimum Gasteiger partial charge on any atom is -0.497 e. The van der Waals surface area contributed by atoms with Crippen LogP contribution in [0.2, 0.25) is 0 Å². The predicted molar refractivity (Wildman–Crippen MR) is 129 cm³/mol. The van der Waals surface area contributed by atoms with Crippen LogP contribution in [-0.2, 0) is 11.3 Å². The Morgan fingerprint density at radius 2 is 1.56 bits per heavy atom. The molecule has 0 radical (unpaired) electrons. The Hall–Kier alpha value is -3.43. The van der Waals surface area contributed by atoms with Crippen LogP contribution in [0, 0.1) is 0 Å². The van der Waals surface area contributed by atoms with Crippen molar-refractivity contribution in [2.45, 2.75) is 13.5 Å². The molecule has 4 aromatic rings. The number of nitrogen functional groups attached to an aromatic ring is 1. The minimum atomic E-state index is -0.123. The maximum absolute atomic E-state index is 12.3. The average molecular weight is 467 g/mol. The van der Waals surface area contributed by atoms with Crippen LogP contribution in [0.15, 0.2) is 53.9 Å². The number of nitrogens with two attached hydrogens (primary N) is 1. The van der Waals surface area contributed by atoms with E-state index in [2.05, 4.69) is 4.98 Å². The lowest BCUT2D eigenvalue weighted by molar-refractivity contribution is -0.116. The molecule has 0 aliphatic rings. The van der Waals surface area contributed by atoms with Crippen molar-refractivity contribution in [3.63, 3.8) is 0 Å². The van der Waals surface area contributed by atoms with Crippen LogP contribution in [0.25, 0.3) is 21.7 Å². The van der Waals surface area contributed by atoms with Gasteiger partial charge in [-0.3, -0.25) is 9.69 Å². The van der Waals surface area contributed by atoms with Crippen molar-refractivity contribution < 1.29 is 14.3 Å². The Morgan fingerprint density at radius 3 is 2.06 bits per heavy atom. The molecule has 0 saturated carbocycles. The summed E-state index contributed by atoms with van der Waals surface area (Å²) in [4.78, 5) is 24.1. The number of methoxy groups -OCH3 is 2. The fraction of sp³-hybridized carbons (Fsp3) is 0.174. The van der Waals surface area contributed by atoms with E-state index in [0.29, 0.717) is 17.5 Å². The van der Waals surface area contributed by atoms with Crippen LogP contribution in [0.1, 0.15) is 11.9 Å². The second-order valence-corrected chi connectivity index (χ2v) is 8.86. The van der Waals surface area contributed by atoms with Crippen LogP contribution in [0.3, 0.4) is 0 Å². The SMILES string of the molecule is COc1ccc(-c2nc(CN(C(C)=O)c3csc(N)n3)sc2-c2ccc(OC)cc2)cc1. The third kappa shape index (κ3) is 4.58. The first-order valence-electron chi connectivity index (χ1n) is 9.76. The van der Waals surface area contributed by atoms with E-state index in [9.17, 15) is 4.79 Å². The number of hydrogen-bond donors (Lipinski definition) is 1. The second kappa shape index (κ2) is 9.37. The third-order valence-electron chi connectivity index (χ3n) is 4.85. The van der Waals surface area contributed by atoms with Crippen molar-refractivity contribution in [1.29, 1.82) is 0 Å². The highest BCUT2D eigenvalue weighted by Crippen LogP contribution is 2.38. The molecule has 0 spiro atoms. The second-order valence-electron chi connectivity index (χ2n) is 6.89. The maximum Gasteiger partial charge on any atom is 0.225 e. The molecule has 0 atom stereocenters. The van der Waals surface area contributed by atoms with Gasteiger partial charge in [0.1, 0.15) is 22.3 Å². The summed E-state index contributed by atoms with van der Waals surface area (Å²) in [5.74, 6) is 1.97. The van der Waals surface area contributed by atoms with Crippen LogP contribution >= 0.6 is 22.7 Å². The Balaban J connectivity index is 1.76. The molecule has 0 aliphatic carbocycles. The number of carbonyl (C=O) groups is 1. The molecule has 0 aliphatic heterocycles. The Bertz CT molecular complexity index is 1150. The number of thiazole rings is 2. The van der Waals surface area contributed by atoms with Crippen molar-refractivity contribution in [1.82, 2.24) is 9.97 Å². The van der Waals surface area contributed by atoms with Crippen LogP contribution in [-0.4, -0.2) is 30.1 Å². The molecular weight excluding hydrogens is 444 g/mol. The molecule has 4 rings (SSSR count). The van der Waals surface area contributed by atoms with Gasteiger partial charge in [0.15, 0.2) is 5.13 Å². The van der Waals surface area contributed by atoms with E-state index in [-0.39, 0.29) is 5.91 Å². The summed E-state index contributed by atoms with van der Waals surface area (Å²) in [7, 11) is 3.28. The molecule has 2 heterocycles. The minimum absolute atomic E-state index is 0.123. The van der Waals surface area contributed by atoms with E-state index in [1.54, 1.807) is 35.8 Å². The van der Waals surface area contributed by atoms with Gasteiger partial charge in [0.25, 0.3) is 0 Å². The molecule has 0 fully saturated rings. The summed E-state index contributed by atoms with van der Waals surface area (Å²) in [6, 6.07) is 15.6. The number of anilines is 2. The van der Waals surface area contributed by atoms with Crippen LogP contribution in [0.5, 0.6) is 11.5 Å². The highest BCUT2D eigenvalue weighted by atomic mass is 32.1. The molecule has 1 amide bonds. The smallest absolute Gasteiger partial charge is 0.225 e. The van der Waals surface area contributed by atoms with E-state index in [1.165, 1.54) is 18.3 Å². The van der Waals surface area contributed by atoms with E-state index >= 15 is 0 Å². The van der Waals surface area contributed by atoms with Crippen molar-refractivity contribution in [2.75, 3.05) is 24.9 Å². The Labute approximate surface area is 194 Å². The van der Waals surface area contributed by atoms with Crippen LogP contribution in [0.4, 0.5) is 10.9 Å². The van der Waals surface area contributed by atoms with Gasteiger partial charge in [-0.2, -0.15) is 0 Å². The number of aromatic nitrogens is 2. The molecule has 2 aromatic heterocycles. The number of nitrogens with zero attached hydrogens (tertiary/aromatic N) is 3. The standard InChI is InChI=1S/C23H22N4O3S2/c1-14(28)27(19-13-31-23(24)25-19)12-20-26-21(15-4-8-17(29-2)9-5-15)22(32-20)16-6-10-18(30-3)11-7-16/h4-11,13H,12H2,1-3H3,(H2,24,25). The molecule has 9 heteroatoms. The zero-order valence-electron chi connectivity index (χ0n) is 17.9. The van der Waals surface area contributed by atoms with Gasteiger partial charge in [0.2, 0.25) is 5.91 Å². The van der Waals surface area contributed by atoms with E-state index < -0.39 is 0 Å². The Morgan fingerprint density at radius 1 is 0.969 bits per heavy atom. The summed E-state index contributed by atoms with van der Waals surface area (Å²) < 4.78 is 10.6. The highest BCUT2D eigenvalue weighted by molar-refractivity contribution is 7.15. The summed E-state index contributed by atoms with van der Waals surface area (Å²) in [6.07, 6.45) is 0. The predicted octanol–water partition coefficient (Wildman–Crippen LogP) is 5.09. The third-order valence-corrected chi connectivity index (χ3v) is 6.60. The molecule has 7 nitrogen and oxygen atoms in total. The number of carbonyl (C=O) groups excluding carboxylic acids is 1. The number of ether oxygens (including phenoxy) is 2. The number of benzene rings is 2. The van der Waals surface area contributed by atoms with Crippen molar-refractivity contribution >= 4 is 39.5 Å². The fourth-order valence-corrected chi connectivity index (χ4v) is 4.84. The largest absolute Gasteiger partial charge is 0.497 e. The monoisotopic (exact) mass is 466 g/mol. The molecule has 32 heavy (non-hydrogen) atoms. The number of rotatable bonds is 7. The molecule has 0 unspecified atom stereocenters.